The third-order valence-electron chi connectivity index (χ3n) is 15.1. The molecule has 0 N–H and O–H groups in total. The van der Waals surface area contributed by atoms with Gasteiger partial charge < -0.3 is 18.5 Å². The average molecular weight is 944 g/mol. The van der Waals surface area contributed by atoms with Crippen LogP contribution in [0.2, 0.25) is 0 Å². The van der Waals surface area contributed by atoms with Crippen molar-refractivity contribution in [3.8, 4) is 44.8 Å². The lowest BCUT2D eigenvalue weighted by Crippen LogP contribution is -2.09. The van der Waals surface area contributed by atoms with Crippen LogP contribution in [0, 0.1) is 0 Å². The van der Waals surface area contributed by atoms with Crippen molar-refractivity contribution in [2.75, 3.05) is 4.90 Å². The summed E-state index contributed by atoms with van der Waals surface area (Å²) in [5.41, 5.74) is 19.0. The fourth-order valence-electron chi connectivity index (χ4n) is 11.6. The van der Waals surface area contributed by atoms with Gasteiger partial charge in [-0.3, -0.25) is 0 Å². The Morgan fingerprint density at radius 2 is 0.757 bits per heavy atom. The van der Waals surface area contributed by atoms with Gasteiger partial charge in [-0.05, 0) is 142 Å². The maximum Gasteiger partial charge on any atom is 0.143 e. The van der Waals surface area contributed by atoms with Crippen molar-refractivity contribution >= 4 is 93.4 Å². The summed E-state index contributed by atoms with van der Waals surface area (Å²) in [4.78, 5) is 2.37. The van der Waals surface area contributed by atoms with Gasteiger partial charge in [-0.25, -0.2) is 0 Å². The van der Waals surface area contributed by atoms with Crippen LogP contribution in [0.1, 0.15) is 0 Å². The molecule has 4 heteroatoms. The number of hydrogen-bond acceptors (Lipinski definition) is 2. The van der Waals surface area contributed by atoms with Crippen molar-refractivity contribution in [3.63, 3.8) is 0 Å². The molecule has 0 atom stereocenters. The third kappa shape index (κ3) is 6.77. The van der Waals surface area contributed by atoms with Crippen LogP contribution in [0.15, 0.2) is 277 Å². The van der Waals surface area contributed by atoms with E-state index in [2.05, 4.69) is 275 Å². The Balaban J connectivity index is 0.821. The minimum Gasteiger partial charge on any atom is -0.455 e. The van der Waals surface area contributed by atoms with Crippen molar-refractivity contribution in [2.45, 2.75) is 0 Å². The molecule has 0 fully saturated rings. The van der Waals surface area contributed by atoms with Gasteiger partial charge in [-0.1, -0.05) is 170 Å². The molecule has 0 aliphatic carbocycles. The Labute approximate surface area is 427 Å². The summed E-state index contributed by atoms with van der Waals surface area (Å²) in [6.07, 6.45) is 0. The first-order valence-corrected chi connectivity index (χ1v) is 25.3. The van der Waals surface area contributed by atoms with Gasteiger partial charge in [0, 0.05) is 66.3 Å². The number of hydrogen-bond donors (Lipinski definition) is 0. The van der Waals surface area contributed by atoms with Gasteiger partial charge in [-0.2, -0.15) is 0 Å². The first-order valence-electron chi connectivity index (χ1n) is 25.3. The fourth-order valence-corrected chi connectivity index (χ4v) is 11.6. The molecule has 15 aromatic rings. The highest BCUT2D eigenvalue weighted by atomic mass is 16.3. The summed E-state index contributed by atoms with van der Waals surface area (Å²) in [7, 11) is 0. The van der Waals surface area contributed by atoms with Gasteiger partial charge in [0.15, 0.2) is 0 Å². The molecular weight excluding hydrogens is 899 g/mol. The Morgan fingerprint density at radius 3 is 1.49 bits per heavy atom. The zero-order valence-electron chi connectivity index (χ0n) is 40.2. The van der Waals surface area contributed by atoms with Crippen molar-refractivity contribution < 1.29 is 4.42 Å². The third-order valence-corrected chi connectivity index (χ3v) is 15.1. The maximum atomic E-state index is 6.49. The topological polar surface area (TPSA) is 26.2 Å². The zero-order valence-corrected chi connectivity index (χ0v) is 40.2. The van der Waals surface area contributed by atoms with Gasteiger partial charge in [0.1, 0.15) is 11.2 Å². The number of fused-ring (bicyclic) bond motifs is 10. The first kappa shape index (κ1) is 41.8. The summed E-state index contributed by atoms with van der Waals surface area (Å²) in [6, 6.07) is 98.9. The van der Waals surface area contributed by atoms with Crippen LogP contribution in [0.4, 0.5) is 17.1 Å². The Morgan fingerprint density at radius 1 is 0.270 bits per heavy atom. The van der Waals surface area contributed by atoms with Crippen LogP contribution in [-0.2, 0) is 0 Å². The van der Waals surface area contributed by atoms with E-state index in [1.807, 2.05) is 12.1 Å². The lowest BCUT2D eigenvalue weighted by molar-refractivity contribution is 0.670. The number of nitrogens with zero attached hydrogens (tertiary/aromatic N) is 3. The van der Waals surface area contributed by atoms with Gasteiger partial charge in [0.05, 0.1) is 22.1 Å². The lowest BCUT2D eigenvalue weighted by atomic mass is 9.99. The van der Waals surface area contributed by atoms with Crippen molar-refractivity contribution in [2.24, 2.45) is 0 Å². The highest BCUT2D eigenvalue weighted by molar-refractivity contribution is 6.12. The summed E-state index contributed by atoms with van der Waals surface area (Å²) in [5, 5.41) is 9.60. The Bertz CT molecular complexity index is 4640. The molecule has 346 valence electrons. The van der Waals surface area contributed by atoms with E-state index in [1.165, 1.54) is 71.1 Å². The summed E-state index contributed by atoms with van der Waals surface area (Å²) >= 11 is 0. The molecule has 0 aliphatic rings. The molecule has 0 spiro atoms. The standard InChI is InChI=1S/C70H45N3O/c1-3-14-53(15-4-1)72-66-24-11-8-19-60(66)64-44-51(34-41-67(64)72)46-28-35-55(36-29-46)71(56-37-30-47(31-38-56)58-21-13-22-63-62-20-9-12-25-69(62)74-70(58)63)57-39-32-49-42-48(26-27-50(49)43-57)52-33-40-61-59-18-7-10-23-65(59)73(68(61)45-52)54-16-5-2-6-17-54/h1-45H. The quantitative estimate of drug-likeness (QED) is 0.152. The van der Waals surface area contributed by atoms with E-state index in [0.717, 1.165) is 67.1 Å². The van der Waals surface area contributed by atoms with Crippen LogP contribution in [0.25, 0.3) is 121 Å². The van der Waals surface area contributed by atoms with E-state index in [4.69, 9.17) is 4.42 Å². The van der Waals surface area contributed by atoms with E-state index in [9.17, 15) is 0 Å². The van der Waals surface area contributed by atoms with Gasteiger partial charge in [0.25, 0.3) is 0 Å². The molecule has 74 heavy (non-hydrogen) atoms. The lowest BCUT2D eigenvalue weighted by Gasteiger charge is -2.26. The van der Waals surface area contributed by atoms with E-state index >= 15 is 0 Å². The summed E-state index contributed by atoms with van der Waals surface area (Å²) < 4.78 is 11.2. The molecule has 0 saturated carbocycles. The zero-order chi connectivity index (χ0) is 48.7. The smallest absolute Gasteiger partial charge is 0.143 e. The second-order valence-electron chi connectivity index (χ2n) is 19.3. The summed E-state index contributed by atoms with van der Waals surface area (Å²) in [6.45, 7) is 0. The fraction of sp³-hybridized carbons (Fsp3) is 0. The predicted molar refractivity (Wildman–Crippen MR) is 311 cm³/mol. The number of aromatic nitrogens is 2. The Kier molecular flexibility index (Phi) is 9.54. The molecule has 0 aliphatic heterocycles. The molecular formula is C70H45N3O. The second kappa shape index (κ2) is 16.9. The molecule has 0 amide bonds. The van der Waals surface area contributed by atoms with Crippen LogP contribution in [0.5, 0.6) is 0 Å². The van der Waals surface area contributed by atoms with Gasteiger partial charge >= 0.3 is 0 Å². The summed E-state index contributed by atoms with van der Waals surface area (Å²) in [5.74, 6) is 0. The number of benzene rings is 12. The van der Waals surface area contributed by atoms with Crippen molar-refractivity contribution in [3.05, 3.63) is 273 Å². The highest BCUT2D eigenvalue weighted by Gasteiger charge is 2.19. The van der Waals surface area contributed by atoms with Crippen molar-refractivity contribution in [1.29, 1.82) is 0 Å². The normalized spacial score (nSPS) is 11.8. The van der Waals surface area contributed by atoms with Crippen LogP contribution < -0.4 is 4.90 Å². The largest absolute Gasteiger partial charge is 0.455 e. The number of furan rings is 1. The second-order valence-corrected chi connectivity index (χ2v) is 19.3. The molecule has 0 bridgehead atoms. The van der Waals surface area contributed by atoms with Crippen LogP contribution >= 0.6 is 0 Å². The minimum atomic E-state index is 0.899. The van der Waals surface area contributed by atoms with Crippen LogP contribution in [0.3, 0.4) is 0 Å². The number of para-hydroxylation sites is 6. The molecule has 4 nitrogen and oxygen atoms in total. The minimum absolute atomic E-state index is 0.899. The molecule has 0 saturated heterocycles. The molecule has 15 rings (SSSR count). The van der Waals surface area contributed by atoms with E-state index in [-0.39, 0.29) is 0 Å². The maximum absolute atomic E-state index is 6.49. The molecule has 12 aromatic carbocycles. The molecule has 3 aromatic heterocycles. The highest BCUT2D eigenvalue weighted by Crippen LogP contribution is 2.42. The van der Waals surface area contributed by atoms with Gasteiger partial charge in [-0.15, -0.1) is 0 Å². The van der Waals surface area contributed by atoms with Crippen LogP contribution in [-0.4, -0.2) is 9.13 Å². The van der Waals surface area contributed by atoms with E-state index in [0.29, 0.717) is 0 Å². The number of anilines is 3. The van der Waals surface area contributed by atoms with E-state index < -0.39 is 0 Å². The molecule has 0 unspecified atom stereocenters. The predicted octanol–water partition coefficient (Wildman–Crippen LogP) is 19.4. The Hall–Kier alpha value is -9.90. The molecule has 3 heterocycles. The average Bonchev–Trinajstić information content (AvgIpc) is 4.13. The van der Waals surface area contributed by atoms with E-state index in [1.54, 1.807) is 0 Å². The van der Waals surface area contributed by atoms with Crippen molar-refractivity contribution in [1.82, 2.24) is 9.13 Å². The number of rotatable bonds is 8. The monoisotopic (exact) mass is 943 g/mol. The SMILES string of the molecule is c1ccc(-n2c3ccccc3c3cc(-c4ccc(N(c5ccc(-c6cccc7c6oc6ccccc67)cc5)c5ccc6cc(-c7ccc8c9ccccc9n(-c9ccccc9)c8c7)ccc6c5)cc4)ccc32)cc1. The molecule has 0 radical (unpaired) electrons. The van der Waals surface area contributed by atoms with Gasteiger partial charge in [0.2, 0.25) is 0 Å². The first-order chi connectivity index (χ1) is 36.7.